The van der Waals surface area contributed by atoms with Crippen molar-refractivity contribution in [2.75, 3.05) is 27.8 Å². The van der Waals surface area contributed by atoms with E-state index in [2.05, 4.69) is 9.98 Å². The molecule has 1 aliphatic rings. The Morgan fingerprint density at radius 2 is 1.74 bits per heavy atom. The molecule has 0 aliphatic carbocycles. The van der Waals surface area contributed by atoms with E-state index in [0.29, 0.717) is 29.6 Å². The van der Waals surface area contributed by atoms with Crippen LogP contribution >= 0.6 is 0 Å². The Morgan fingerprint density at radius 1 is 1.03 bits per heavy atom. The van der Waals surface area contributed by atoms with Crippen molar-refractivity contribution in [3.63, 3.8) is 0 Å². The fourth-order valence-electron chi connectivity index (χ4n) is 3.28. The highest BCUT2D eigenvalue weighted by Gasteiger charge is 2.19. The number of carbonyl (C=O) groups is 1. The van der Waals surface area contributed by atoms with Crippen LogP contribution in [0.3, 0.4) is 0 Å². The van der Waals surface area contributed by atoms with Gasteiger partial charge in [-0.05, 0) is 61.5 Å². The molecular weight excluding hydrogens is 394 g/mol. The molecule has 1 amide bonds. The Morgan fingerprint density at radius 3 is 2.39 bits per heavy atom. The smallest absolute Gasteiger partial charge is 0.253 e. The molecular formula is C24H25N3O4. The van der Waals surface area contributed by atoms with E-state index in [1.54, 1.807) is 32.2 Å². The zero-order chi connectivity index (χ0) is 22.0. The van der Waals surface area contributed by atoms with Crippen molar-refractivity contribution in [1.29, 1.82) is 0 Å². The summed E-state index contributed by atoms with van der Waals surface area (Å²) in [6, 6.07) is 16.8. The van der Waals surface area contributed by atoms with E-state index in [1.807, 2.05) is 55.5 Å². The molecule has 0 saturated heterocycles. The van der Waals surface area contributed by atoms with Gasteiger partial charge in [-0.2, -0.15) is 0 Å². The quantitative estimate of drug-likeness (QED) is 0.645. The molecule has 4 rings (SSSR count). The number of H-pyrrole nitrogens is 1. The number of carbonyl (C=O) groups excluding carboxylic acids is 1. The second-order valence-electron chi connectivity index (χ2n) is 7.60. The summed E-state index contributed by atoms with van der Waals surface area (Å²) in [5, 5.41) is 0. The third kappa shape index (κ3) is 4.55. The summed E-state index contributed by atoms with van der Waals surface area (Å²) < 4.78 is 16.9. The second-order valence-corrected chi connectivity index (χ2v) is 7.60. The minimum Gasteiger partial charge on any atom is -0.497 e. The van der Waals surface area contributed by atoms with E-state index in [9.17, 15) is 4.79 Å². The molecule has 1 N–H and O–H groups in total. The fourth-order valence-corrected chi connectivity index (χ4v) is 3.28. The lowest BCUT2D eigenvalue weighted by atomic mass is 10.1. The van der Waals surface area contributed by atoms with Gasteiger partial charge in [0.1, 0.15) is 29.5 Å². The van der Waals surface area contributed by atoms with Crippen LogP contribution in [0.5, 0.6) is 17.2 Å². The Bertz CT molecular complexity index is 1120. The number of ether oxygens (including phenoxy) is 3. The lowest BCUT2D eigenvalue weighted by molar-refractivity contribution is 0.0827. The highest BCUT2D eigenvalue weighted by molar-refractivity contribution is 5.96. The molecule has 0 saturated carbocycles. The lowest BCUT2D eigenvalue weighted by Gasteiger charge is -2.14. The van der Waals surface area contributed by atoms with Crippen LogP contribution in [0.4, 0.5) is 0 Å². The Labute approximate surface area is 181 Å². The third-order valence-electron chi connectivity index (χ3n) is 4.88. The molecule has 2 aromatic carbocycles. The first kappa shape index (κ1) is 20.5. The first-order valence-electron chi connectivity index (χ1n) is 10.0. The van der Waals surface area contributed by atoms with E-state index in [0.717, 1.165) is 22.7 Å². The third-order valence-corrected chi connectivity index (χ3v) is 4.88. The Kier molecular flexibility index (Phi) is 5.66. The van der Waals surface area contributed by atoms with Gasteiger partial charge >= 0.3 is 0 Å². The van der Waals surface area contributed by atoms with Crippen LogP contribution in [0, 0.1) is 0 Å². The normalized spacial score (nSPS) is 15.2. The predicted molar refractivity (Wildman–Crippen MR) is 119 cm³/mol. The van der Waals surface area contributed by atoms with E-state index in [-0.39, 0.29) is 11.9 Å². The zero-order valence-electron chi connectivity index (χ0n) is 18.0. The average Bonchev–Trinajstić information content (AvgIpc) is 3.42. The van der Waals surface area contributed by atoms with Gasteiger partial charge in [-0.1, -0.05) is 0 Å². The lowest BCUT2D eigenvalue weighted by Crippen LogP contribution is -2.21. The number of aromatic amines is 1. The highest BCUT2D eigenvalue weighted by Crippen LogP contribution is 2.30. The van der Waals surface area contributed by atoms with Gasteiger partial charge in [0.05, 0.1) is 13.2 Å². The van der Waals surface area contributed by atoms with Crippen molar-refractivity contribution in [1.82, 2.24) is 9.88 Å². The maximum absolute atomic E-state index is 12.7. The van der Waals surface area contributed by atoms with Crippen LogP contribution in [0.1, 0.15) is 23.0 Å². The van der Waals surface area contributed by atoms with Crippen molar-refractivity contribution in [3.8, 4) is 28.5 Å². The van der Waals surface area contributed by atoms with Gasteiger partial charge in [0.2, 0.25) is 5.90 Å². The number of hydrogen-bond donors (Lipinski definition) is 1. The van der Waals surface area contributed by atoms with Gasteiger partial charge in [0.25, 0.3) is 5.91 Å². The van der Waals surface area contributed by atoms with Crippen molar-refractivity contribution >= 4 is 11.8 Å². The SMILES string of the molecule is COc1ccc(Oc2cc(C(=O)N(C)C)cc(-c3ccc(C4=NC(C)CO4)[nH]3)c2)cc1. The molecule has 7 heteroatoms. The first-order valence-corrected chi connectivity index (χ1v) is 10.0. The minimum atomic E-state index is -0.106. The molecule has 0 spiro atoms. The van der Waals surface area contributed by atoms with Crippen molar-refractivity contribution in [2.45, 2.75) is 13.0 Å². The van der Waals surface area contributed by atoms with Crippen LogP contribution in [0.25, 0.3) is 11.3 Å². The Hall–Kier alpha value is -3.74. The van der Waals surface area contributed by atoms with Crippen LogP contribution in [0.2, 0.25) is 0 Å². The highest BCUT2D eigenvalue weighted by atomic mass is 16.5. The predicted octanol–water partition coefficient (Wildman–Crippen LogP) is 4.35. The average molecular weight is 419 g/mol. The van der Waals surface area contributed by atoms with E-state index < -0.39 is 0 Å². The van der Waals surface area contributed by atoms with Crippen molar-refractivity contribution in [3.05, 3.63) is 65.9 Å². The zero-order valence-corrected chi connectivity index (χ0v) is 18.0. The molecule has 3 aromatic rings. The number of benzene rings is 2. The van der Waals surface area contributed by atoms with Gasteiger partial charge in [-0.25, -0.2) is 4.99 Å². The molecule has 31 heavy (non-hydrogen) atoms. The summed E-state index contributed by atoms with van der Waals surface area (Å²) >= 11 is 0. The van der Waals surface area contributed by atoms with Gasteiger partial charge in [-0.3, -0.25) is 4.79 Å². The standard InChI is InChI=1S/C24H25N3O4/c1-15-14-30-23(25-15)22-10-9-21(26-22)16-11-17(24(28)27(2)3)13-20(12-16)31-19-7-5-18(29-4)6-8-19/h5-13,15,26H,14H2,1-4H3. The van der Waals surface area contributed by atoms with Crippen LogP contribution in [0.15, 0.2) is 59.6 Å². The van der Waals surface area contributed by atoms with Crippen LogP contribution in [-0.2, 0) is 4.74 Å². The second kappa shape index (κ2) is 8.55. The molecule has 2 heterocycles. The molecule has 1 atom stereocenters. The molecule has 0 bridgehead atoms. The van der Waals surface area contributed by atoms with E-state index in [1.165, 1.54) is 0 Å². The fraction of sp³-hybridized carbons (Fsp3) is 0.250. The van der Waals surface area contributed by atoms with Crippen LogP contribution < -0.4 is 9.47 Å². The van der Waals surface area contributed by atoms with Gasteiger partial charge < -0.3 is 24.1 Å². The first-order chi connectivity index (χ1) is 14.9. The van der Waals surface area contributed by atoms with Gasteiger partial charge in [-0.15, -0.1) is 0 Å². The monoisotopic (exact) mass is 419 g/mol. The molecule has 0 radical (unpaired) electrons. The summed E-state index contributed by atoms with van der Waals surface area (Å²) in [6.07, 6.45) is 0. The summed E-state index contributed by atoms with van der Waals surface area (Å²) in [6.45, 7) is 2.59. The largest absolute Gasteiger partial charge is 0.497 e. The molecule has 7 nitrogen and oxygen atoms in total. The van der Waals surface area contributed by atoms with E-state index in [4.69, 9.17) is 14.2 Å². The number of amides is 1. The number of rotatable bonds is 6. The number of methoxy groups -OCH3 is 1. The van der Waals surface area contributed by atoms with Gasteiger partial charge in [0.15, 0.2) is 0 Å². The van der Waals surface area contributed by atoms with E-state index >= 15 is 0 Å². The number of hydrogen-bond acceptors (Lipinski definition) is 5. The number of nitrogens with zero attached hydrogens (tertiary/aromatic N) is 2. The summed E-state index contributed by atoms with van der Waals surface area (Å²) in [5.74, 6) is 2.46. The molecule has 1 aromatic heterocycles. The summed E-state index contributed by atoms with van der Waals surface area (Å²) in [4.78, 5) is 22.0. The molecule has 1 aliphatic heterocycles. The van der Waals surface area contributed by atoms with Crippen LogP contribution in [-0.4, -0.2) is 55.5 Å². The van der Waals surface area contributed by atoms with Crippen molar-refractivity contribution in [2.24, 2.45) is 4.99 Å². The maximum atomic E-state index is 12.7. The summed E-state index contributed by atoms with van der Waals surface area (Å²) in [7, 11) is 5.07. The van der Waals surface area contributed by atoms with Gasteiger partial charge in [0, 0.05) is 30.9 Å². The maximum Gasteiger partial charge on any atom is 0.253 e. The Balaban J connectivity index is 1.69. The summed E-state index contributed by atoms with van der Waals surface area (Å²) in [5.41, 5.74) is 3.01. The molecule has 160 valence electrons. The molecule has 0 fully saturated rings. The minimum absolute atomic E-state index is 0.106. The molecule has 1 unspecified atom stereocenters. The topological polar surface area (TPSA) is 76.2 Å². The number of aromatic nitrogens is 1. The number of aliphatic imine (C=N–C) groups is 1. The van der Waals surface area contributed by atoms with Crippen molar-refractivity contribution < 1.29 is 19.0 Å². The number of nitrogens with one attached hydrogen (secondary N) is 1.